The summed E-state index contributed by atoms with van der Waals surface area (Å²) in [6.45, 7) is 0.979. The van der Waals surface area contributed by atoms with Gasteiger partial charge in [0.15, 0.2) is 0 Å². The fraction of sp³-hybridized carbons (Fsp3) is 0.133. The quantitative estimate of drug-likeness (QED) is 0.777. The highest BCUT2D eigenvalue weighted by atomic mass is 35.5. The van der Waals surface area contributed by atoms with E-state index in [0.717, 1.165) is 16.3 Å². The van der Waals surface area contributed by atoms with Crippen LogP contribution in [0, 0.1) is 11.3 Å². The molecule has 0 aliphatic carbocycles. The van der Waals surface area contributed by atoms with E-state index in [0.29, 0.717) is 13.1 Å². The summed E-state index contributed by atoms with van der Waals surface area (Å²) >= 11 is 6.15. The molecule has 0 unspecified atom stereocenters. The molecular weight excluding hydrogens is 244 g/mol. The molecule has 3 heteroatoms. The van der Waals surface area contributed by atoms with E-state index in [2.05, 4.69) is 6.07 Å². The molecule has 0 bridgehead atoms. The number of halogens is 1. The lowest BCUT2D eigenvalue weighted by molar-refractivity contribution is 0.872. The number of hydrogen-bond donors (Lipinski definition) is 0. The van der Waals surface area contributed by atoms with Gasteiger partial charge < -0.3 is 4.90 Å². The van der Waals surface area contributed by atoms with Gasteiger partial charge in [0, 0.05) is 17.3 Å². The first kappa shape index (κ1) is 12.5. The molecule has 0 N–H and O–H groups in total. The molecule has 0 aliphatic rings. The molecule has 0 heterocycles. The van der Waals surface area contributed by atoms with Crippen molar-refractivity contribution in [3.63, 3.8) is 0 Å². The Bertz CT molecular complexity index is 546. The predicted molar refractivity (Wildman–Crippen MR) is 74.6 cm³/mol. The van der Waals surface area contributed by atoms with Gasteiger partial charge in [-0.3, -0.25) is 0 Å². The van der Waals surface area contributed by atoms with Gasteiger partial charge in [0.25, 0.3) is 0 Å². The first-order valence-corrected chi connectivity index (χ1v) is 6.09. The number of rotatable bonds is 4. The Labute approximate surface area is 112 Å². The van der Waals surface area contributed by atoms with Crippen molar-refractivity contribution in [2.75, 3.05) is 11.4 Å². The van der Waals surface area contributed by atoms with E-state index in [9.17, 15) is 0 Å². The third-order valence-electron chi connectivity index (χ3n) is 2.70. The van der Waals surface area contributed by atoms with Crippen molar-refractivity contribution >= 4 is 17.3 Å². The monoisotopic (exact) mass is 256 g/mol. The average Bonchev–Trinajstić information content (AvgIpc) is 2.42. The Morgan fingerprint density at radius 1 is 1.00 bits per heavy atom. The fourth-order valence-electron chi connectivity index (χ4n) is 1.79. The van der Waals surface area contributed by atoms with Crippen LogP contribution in [-0.4, -0.2) is 6.54 Å². The Morgan fingerprint density at radius 3 is 2.33 bits per heavy atom. The molecule has 90 valence electrons. The van der Waals surface area contributed by atoms with Gasteiger partial charge in [0.2, 0.25) is 0 Å². The van der Waals surface area contributed by atoms with E-state index in [1.807, 2.05) is 59.5 Å². The molecule has 0 atom stereocenters. The Balaban J connectivity index is 2.23. The zero-order chi connectivity index (χ0) is 12.8. The summed E-state index contributed by atoms with van der Waals surface area (Å²) in [7, 11) is 0. The van der Waals surface area contributed by atoms with E-state index in [1.165, 1.54) is 0 Å². The number of anilines is 1. The molecule has 0 fully saturated rings. The molecule has 2 aromatic carbocycles. The molecule has 0 aliphatic heterocycles. The maximum absolute atomic E-state index is 8.92. The number of nitriles is 1. The molecule has 0 spiro atoms. The first-order valence-electron chi connectivity index (χ1n) is 5.71. The minimum absolute atomic E-state index is 0.342. The lowest BCUT2D eigenvalue weighted by Gasteiger charge is -2.22. The number of benzene rings is 2. The first-order chi connectivity index (χ1) is 8.81. The van der Waals surface area contributed by atoms with E-state index in [-0.39, 0.29) is 0 Å². The van der Waals surface area contributed by atoms with Crippen molar-refractivity contribution in [3.8, 4) is 6.07 Å². The normalized spacial score (nSPS) is 9.78. The molecule has 2 aromatic rings. The van der Waals surface area contributed by atoms with Crippen LogP contribution in [0.4, 0.5) is 5.69 Å². The summed E-state index contributed by atoms with van der Waals surface area (Å²) in [5, 5.41) is 9.65. The molecule has 18 heavy (non-hydrogen) atoms. The number of hydrogen-bond acceptors (Lipinski definition) is 2. The van der Waals surface area contributed by atoms with Crippen LogP contribution in [0.3, 0.4) is 0 Å². The van der Waals surface area contributed by atoms with Crippen LogP contribution in [0.15, 0.2) is 54.6 Å². The maximum atomic E-state index is 8.92. The highest BCUT2D eigenvalue weighted by molar-refractivity contribution is 6.31. The predicted octanol–water partition coefficient (Wildman–Crippen LogP) is 3.87. The lowest BCUT2D eigenvalue weighted by atomic mass is 10.2. The summed E-state index contributed by atoms with van der Waals surface area (Å²) in [4.78, 5) is 2.00. The molecule has 0 amide bonds. The van der Waals surface area contributed by atoms with Gasteiger partial charge in [-0.25, -0.2) is 0 Å². The van der Waals surface area contributed by atoms with E-state index < -0.39 is 0 Å². The molecule has 0 saturated heterocycles. The number of para-hydroxylation sites is 1. The Hall–Kier alpha value is -1.98. The van der Waals surface area contributed by atoms with Crippen molar-refractivity contribution < 1.29 is 0 Å². The van der Waals surface area contributed by atoms with Crippen LogP contribution in [0.1, 0.15) is 5.56 Å². The summed E-state index contributed by atoms with van der Waals surface area (Å²) in [5.41, 5.74) is 2.05. The molecule has 0 saturated carbocycles. The van der Waals surface area contributed by atoms with Crippen LogP contribution in [0.5, 0.6) is 0 Å². The van der Waals surface area contributed by atoms with Crippen LogP contribution in [-0.2, 0) is 6.54 Å². The van der Waals surface area contributed by atoms with E-state index in [1.54, 1.807) is 0 Å². The molecule has 0 radical (unpaired) electrons. The topological polar surface area (TPSA) is 27.0 Å². The maximum Gasteiger partial charge on any atom is 0.106 e. The van der Waals surface area contributed by atoms with Gasteiger partial charge in [0.1, 0.15) is 6.54 Å². The largest absolute Gasteiger partial charge is 0.354 e. The lowest BCUT2D eigenvalue weighted by Crippen LogP contribution is -2.22. The van der Waals surface area contributed by atoms with Crippen molar-refractivity contribution in [2.45, 2.75) is 6.54 Å². The van der Waals surface area contributed by atoms with Gasteiger partial charge in [-0.15, -0.1) is 0 Å². The van der Waals surface area contributed by atoms with Gasteiger partial charge in [-0.2, -0.15) is 5.26 Å². The van der Waals surface area contributed by atoms with Crippen LogP contribution in [0.2, 0.25) is 5.02 Å². The molecule has 2 rings (SSSR count). The van der Waals surface area contributed by atoms with Crippen LogP contribution in [0.25, 0.3) is 0 Å². The Kier molecular flexibility index (Phi) is 4.22. The standard InChI is InChI=1S/C15H13ClN2/c16-15-9-5-4-6-13(15)12-18(11-10-17)14-7-2-1-3-8-14/h1-9H,11-12H2. The van der Waals surface area contributed by atoms with Crippen molar-refractivity contribution in [1.82, 2.24) is 0 Å². The summed E-state index contributed by atoms with van der Waals surface area (Å²) in [5.74, 6) is 0. The second-order valence-electron chi connectivity index (χ2n) is 3.94. The molecular formula is C15H13ClN2. The van der Waals surface area contributed by atoms with Gasteiger partial charge in [-0.05, 0) is 23.8 Å². The summed E-state index contributed by atoms with van der Waals surface area (Å²) in [6.07, 6.45) is 0. The van der Waals surface area contributed by atoms with Gasteiger partial charge >= 0.3 is 0 Å². The Morgan fingerprint density at radius 2 is 1.67 bits per heavy atom. The van der Waals surface area contributed by atoms with Crippen molar-refractivity contribution in [3.05, 3.63) is 65.2 Å². The highest BCUT2D eigenvalue weighted by Gasteiger charge is 2.08. The summed E-state index contributed by atoms with van der Waals surface area (Å²) < 4.78 is 0. The van der Waals surface area contributed by atoms with E-state index >= 15 is 0 Å². The number of nitrogens with zero attached hydrogens (tertiary/aromatic N) is 2. The zero-order valence-corrected chi connectivity index (χ0v) is 10.6. The van der Waals surface area contributed by atoms with Crippen LogP contribution < -0.4 is 4.90 Å². The minimum Gasteiger partial charge on any atom is -0.354 e. The third kappa shape index (κ3) is 3.03. The molecule has 0 aromatic heterocycles. The average molecular weight is 257 g/mol. The fourth-order valence-corrected chi connectivity index (χ4v) is 1.99. The van der Waals surface area contributed by atoms with Crippen LogP contribution >= 0.6 is 11.6 Å². The van der Waals surface area contributed by atoms with Gasteiger partial charge in [-0.1, -0.05) is 48.0 Å². The molecule has 2 nitrogen and oxygen atoms in total. The minimum atomic E-state index is 0.342. The van der Waals surface area contributed by atoms with E-state index in [4.69, 9.17) is 16.9 Å². The van der Waals surface area contributed by atoms with Crippen molar-refractivity contribution in [2.24, 2.45) is 0 Å². The SMILES string of the molecule is N#CCN(Cc1ccccc1Cl)c1ccccc1. The second-order valence-corrected chi connectivity index (χ2v) is 4.35. The zero-order valence-electron chi connectivity index (χ0n) is 9.88. The second kappa shape index (κ2) is 6.09. The smallest absolute Gasteiger partial charge is 0.106 e. The highest BCUT2D eigenvalue weighted by Crippen LogP contribution is 2.21. The van der Waals surface area contributed by atoms with Crippen molar-refractivity contribution in [1.29, 1.82) is 5.26 Å². The summed E-state index contributed by atoms with van der Waals surface area (Å²) in [6, 6.07) is 19.8. The van der Waals surface area contributed by atoms with Gasteiger partial charge in [0.05, 0.1) is 6.07 Å². The third-order valence-corrected chi connectivity index (χ3v) is 3.07.